The predicted octanol–water partition coefficient (Wildman–Crippen LogP) is 4.20. The summed E-state index contributed by atoms with van der Waals surface area (Å²) in [4.78, 5) is 22.3. The van der Waals surface area contributed by atoms with E-state index in [1.807, 2.05) is 29.0 Å². The minimum atomic E-state index is -0.615. The molecule has 0 fully saturated rings. The Morgan fingerprint density at radius 1 is 1.27 bits per heavy atom. The van der Waals surface area contributed by atoms with Crippen LogP contribution in [0.15, 0.2) is 44.7 Å². The van der Waals surface area contributed by atoms with Crippen molar-refractivity contribution < 1.29 is 13.9 Å². The fourth-order valence-corrected chi connectivity index (χ4v) is 4.40. The van der Waals surface area contributed by atoms with Crippen LogP contribution in [-0.4, -0.2) is 31.9 Å². The summed E-state index contributed by atoms with van der Waals surface area (Å²) < 4.78 is 11.0. The van der Waals surface area contributed by atoms with Crippen LogP contribution in [0.3, 0.4) is 0 Å². The fourth-order valence-electron chi connectivity index (χ4n) is 2.19. The minimum Gasteiger partial charge on any atom is -0.452 e. The Bertz CT molecular complexity index is 1030. The summed E-state index contributed by atoms with van der Waals surface area (Å²) in [7, 11) is 0. The maximum atomic E-state index is 12.1. The Hall–Kier alpha value is -2.30. The van der Waals surface area contributed by atoms with Gasteiger partial charge in [0.1, 0.15) is 16.2 Å². The van der Waals surface area contributed by atoms with Crippen LogP contribution in [0.2, 0.25) is 0 Å². The highest BCUT2D eigenvalue weighted by molar-refractivity contribution is 8.00. The Balaban J connectivity index is 1.36. The average Bonchev–Trinajstić information content (AvgIpc) is 3.40. The van der Waals surface area contributed by atoms with E-state index in [4.69, 9.17) is 9.15 Å². The Labute approximate surface area is 160 Å². The maximum absolute atomic E-state index is 12.1. The van der Waals surface area contributed by atoms with Crippen LogP contribution in [0.5, 0.6) is 0 Å². The third kappa shape index (κ3) is 3.62. The highest BCUT2D eigenvalue weighted by Gasteiger charge is 2.20. The highest BCUT2D eigenvalue weighted by Crippen LogP contribution is 2.29. The molecule has 1 unspecified atom stereocenters. The first-order valence-electron chi connectivity index (χ1n) is 7.58. The summed E-state index contributed by atoms with van der Waals surface area (Å²) in [6.07, 6.45) is 0.885. The van der Waals surface area contributed by atoms with Gasteiger partial charge in [-0.05, 0) is 29.8 Å². The lowest BCUT2D eigenvalue weighted by Gasteiger charge is -2.09. The number of carbonyl (C=O) groups excluding carboxylic acids is 1. The Morgan fingerprint density at radius 2 is 2.19 bits per heavy atom. The molecule has 0 aliphatic heterocycles. The van der Waals surface area contributed by atoms with E-state index >= 15 is 0 Å². The second-order valence-electron chi connectivity index (χ2n) is 5.16. The largest absolute Gasteiger partial charge is 0.452 e. The van der Waals surface area contributed by atoms with Gasteiger partial charge in [0, 0.05) is 5.39 Å². The molecule has 0 N–H and O–H groups in total. The molecular weight excluding hydrogens is 392 g/mol. The lowest BCUT2D eigenvalue weighted by atomic mass is 10.4. The number of nitrogens with zero attached hydrogens (tertiary/aromatic N) is 4. The van der Waals surface area contributed by atoms with Gasteiger partial charge in [0.2, 0.25) is 0 Å². The number of carbonyl (C=O) groups is 1. The number of rotatable bonds is 6. The van der Waals surface area contributed by atoms with Crippen LogP contribution in [0.25, 0.3) is 21.0 Å². The number of hydrogen-bond acceptors (Lipinski definition) is 10. The summed E-state index contributed by atoms with van der Waals surface area (Å²) in [6, 6.07) is 5.74. The molecule has 0 amide bonds. The summed E-state index contributed by atoms with van der Waals surface area (Å²) in [5.74, 6) is 0.459. The normalized spacial score (nSPS) is 12.3. The van der Waals surface area contributed by atoms with Crippen molar-refractivity contribution in [3.63, 3.8) is 0 Å². The van der Waals surface area contributed by atoms with Crippen LogP contribution < -0.4 is 0 Å². The summed E-state index contributed by atoms with van der Waals surface area (Å²) in [5, 5.41) is 13.5. The number of esters is 1. The molecule has 4 aromatic rings. The smallest absolute Gasteiger partial charge is 0.317 e. The molecule has 132 valence electrons. The molecule has 0 aliphatic carbocycles. The standard InChI is InChI=1S/C16H12N4O3S3/c1-9(13-19-20-14(23-13)11-3-2-5-24-11)22-12(21)7-26-16-10-4-6-25-15(10)17-8-18-16/h2-6,8-9H,7H2,1H3. The minimum absolute atomic E-state index is 0.137. The van der Waals surface area contributed by atoms with E-state index in [1.54, 1.807) is 6.92 Å². The number of ether oxygens (including phenoxy) is 1. The Kier molecular flexibility index (Phi) is 4.96. The predicted molar refractivity (Wildman–Crippen MR) is 100 cm³/mol. The van der Waals surface area contributed by atoms with Gasteiger partial charge in [0.05, 0.1) is 10.6 Å². The molecule has 0 aromatic carbocycles. The van der Waals surface area contributed by atoms with Crippen molar-refractivity contribution in [2.45, 2.75) is 18.1 Å². The second-order valence-corrected chi connectivity index (χ2v) is 7.97. The van der Waals surface area contributed by atoms with Crippen molar-refractivity contribution in [1.29, 1.82) is 0 Å². The van der Waals surface area contributed by atoms with Gasteiger partial charge >= 0.3 is 5.97 Å². The lowest BCUT2D eigenvalue weighted by molar-refractivity contribution is -0.146. The van der Waals surface area contributed by atoms with Crippen LogP contribution in [0.4, 0.5) is 0 Å². The van der Waals surface area contributed by atoms with Gasteiger partial charge in [-0.1, -0.05) is 17.8 Å². The third-order valence-corrected chi connectivity index (χ3v) is 6.04. The average molecular weight is 404 g/mol. The zero-order valence-corrected chi connectivity index (χ0v) is 15.9. The lowest BCUT2D eigenvalue weighted by Crippen LogP contribution is -2.11. The van der Waals surface area contributed by atoms with Gasteiger partial charge in [-0.2, -0.15) is 0 Å². The monoisotopic (exact) mass is 404 g/mol. The molecule has 7 nitrogen and oxygen atoms in total. The molecule has 0 bridgehead atoms. The summed E-state index contributed by atoms with van der Waals surface area (Å²) in [6.45, 7) is 1.70. The molecule has 4 aromatic heterocycles. The van der Waals surface area contributed by atoms with Crippen LogP contribution >= 0.6 is 34.4 Å². The fraction of sp³-hybridized carbons (Fsp3) is 0.188. The van der Waals surface area contributed by atoms with E-state index in [1.165, 1.54) is 40.8 Å². The molecule has 0 spiro atoms. The Morgan fingerprint density at radius 3 is 3.04 bits per heavy atom. The van der Waals surface area contributed by atoms with E-state index in [2.05, 4.69) is 20.2 Å². The number of fused-ring (bicyclic) bond motifs is 1. The van der Waals surface area contributed by atoms with Gasteiger partial charge in [-0.15, -0.1) is 32.9 Å². The van der Waals surface area contributed by atoms with Crippen molar-refractivity contribution >= 4 is 50.6 Å². The number of thiophene rings is 2. The molecule has 0 saturated heterocycles. The van der Waals surface area contributed by atoms with Crippen molar-refractivity contribution in [1.82, 2.24) is 20.2 Å². The van der Waals surface area contributed by atoms with E-state index in [0.29, 0.717) is 5.89 Å². The third-order valence-electron chi connectivity index (χ3n) is 3.38. The van der Waals surface area contributed by atoms with Gasteiger partial charge in [-0.25, -0.2) is 9.97 Å². The first-order valence-corrected chi connectivity index (χ1v) is 10.3. The topological polar surface area (TPSA) is 91.0 Å². The molecule has 0 saturated carbocycles. The molecule has 26 heavy (non-hydrogen) atoms. The first kappa shape index (κ1) is 17.1. The van der Waals surface area contributed by atoms with Crippen LogP contribution in [0.1, 0.15) is 18.9 Å². The summed E-state index contributed by atoms with van der Waals surface area (Å²) >= 11 is 4.36. The van der Waals surface area contributed by atoms with E-state index < -0.39 is 6.10 Å². The van der Waals surface area contributed by atoms with Crippen LogP contribution in [-0.2, 0) is 9.53 Å². The van der Waals surface area contributed by atoms with E-state index in [0.717, 1.165) is 20.1 Å². The molecule has 1 atom stereocenters. The summed E-state index contributed by atoms with van der Waals surface area (Å²) in [5.41, 5.74) is 0. The van der Waals surface area contributed by atoms with Crippen LogP contribution in [0, 0.1) is 0 Å². The van der Waals surface area contributed by atoms with Crippen molar-refractivity contribution in [2.24, 2.45) is 0 Å². The number of hydrogen-bond donors (Lipinski definition) is 0. The number of aromatic nitrogens is 4. The molecule has 0 aliphatic rings. The van der Waals surface area contributed by atoms with E-state index in [9.17, 15) is 4.79 Å². The number of thioether (sulfide) groups is 1. The van der Waals surface area contributed by atoms with Gasteiger partial charge in [0.15, 0.2) is 6.10 Å². The van der Waals surface area contributed by atoms with Crippen molar-refractivity contribution in [3.05, 3.63) is 41.2 Å². The zero-order chi connectivity index (χ0) is 17.9. The van der Waals surface area contributed by atoms with Crippen molar-refractivity contribution in [3.8, 4) is 10.8 Å². The quantitative estimate of drug-likeness (QED) is 0.268. The zero-order valence-electron chi connectivity index (χ0n) is 13.5. The highest BCUT2D eigenvalue weighted by atomic mass is 32.2. The first-order chi connectivity index (χ1) is 12.7. The maximum Gasteiger partial charge on any atom is 0.317 e. The molecule has 0 radical (unpaired) electrons. The molecule has 4 rings (SSSR count). The van der Waals surface area contributed by atoms with Gasteiger partial charge < -0.3 is 9.15 Å². The molecule has 4 heterocycles. The second kappa shape index (κ2) is 7.52. The molecule has 10 heteroatoms. The van der Waals surface area contributed by atoms with Gasteiger partial charge in [0.25, 0.3) is 11.8 Å². The van der Waals surface area contributed by atoms with Gasteiger partial charge in [-0.3, -0.25) is 4.79 Å². The molecular formula is C16H12N4O3S3. The SMILES string of the molecule is CC(OC(=O)CSc1ncnc2sccc12)c1nnc(-c2cccs2)o1. The van der Waals surface area contributed by atoms with Crippen molar-refractivity contribution in [2.75, 3.05) is 5.75 Å². The van der Waals surface area contributed by atoms with E-state index in [-0.39, 0.29) is 17.6 Å².